The van der Waals surface area contributed by atoms with E-state index >= 15 is 0 Å². The molecule has 0 aliphatic heterocycles. The molecule has 0 amide bonds. The monoisotopic (exact) mass is 193 g/mol. The van der Waals surface area contributed by atoms with Gasteiger partial charge in [-0.3, -0.25) is 9.36 Å². The lowest BCUT2D eigenvalue weighted by Gasteiger charge is -2.07. The highest BCUT2D eigenvalue weighted by molar-refractivity contribution is 5.67. The predicted octanol–water partition coefficient (Wildman–Crippen LogP) is 0.106. The Labute approximate surface area is 80.2 Å². The van der Waals surface area contributed by atoms with Gasteiger partial charge in [0.2, 0.25) is 0 Å². The molecule has 0 saturated carbocycles. The van der Waals surface area contributed by atoms with E-state index in [0.29, 0.717) is 11.2 Å². The van der Waals surface area contributed by atoms with Gasteiger partial charge in [0, 0.05) is 13.1 Å². The summed E-state index contributed by atoms with van der Waals surface area (Å²) in [5, 5.41) is 7.53. The second kappa shape index (κ2) is 2.90. The molecule has 0 aliphatic rings. The molecule has 6 nitrogen and oxygen atoms in total. The van der Waals surface area contributed by atoms with Crippen molar-refractivity contribution in [1.29, 1.82) is 0 Å². The first-order chi connectivity index (χ1) is 6.61. The highest BCUT2D eigenvalue weighted by atomic mass is 16.1. The van der Waals surface area contributed by atoms with Crippen LogP contribution in [0.2, 0.25) is 0 Å². The number of fused-ring (bicyclic) bond motifs is 1. The summed E-state index contributed by atoms with van der Waals surface area (Å²) in [4.78, 5) is 15.9. The molecule has 0 unspecified atom stereocenters. The zero-order valence-corrected chi connectivity index (χ0v) is 8.30. The van der Waals surface area contributed by atoms with E-state index in [4.69, 9.17) is 0 Å². The summed E-state index contributed by atoms with van der Waals surface area (Å²) in [5.41, 5.74) is 0.703. The van der Waals surface area contributed by atoms with Crippen LogP contribution in [0.15, 0.2) is 11.1 Å². The number of hydrogen-bond donors (Lipinski definition) is 0. The van der Waals surface area contributed by atoms with Crippen LogP contribution in [-0.2, 0) is 7.05 Å². The largest absolute Gasteiger partial charge is 0.295 e. The Bertz CT molecular complexity index is 524. The molecule has 0 N–H and O–H groups in total. The zero-order valence-electron chi connectivity index (χ0n) is 8.30. The number of aromatic nitrogens is 5. The van der Waals surface area contributed by atoms with E-state index in [9.17, 15) is 4.79 Å². The standard InChI is InChI=1S/C8H11N5O/c1-5(2)13-4-9-7-6(8(13)14)10-11-12(7)3/h4-5H,1-3H3. The van der Waals surface area contributed by atoms with E-state index in [1.807, 2.05) is 13.8 Å². The van der Waals surface area contributed by atoms with Crippen molar-refractivity contribution >= 4 is 11.2 Å². The highest BCUT2D eigenvalue weighted by Gasteiger charge is 2.10. The molecule has 0 aliphatic carbocycles. The maximum Gasteiger partial charge on any atom is 0.283 e. The van der Waals surface area contributed by atoms with Gasteiger partial charge in [-0.05, 0) is 13.8 Å². The van der Waals surface area contributed by atoms with Crippen LogP contribution >= 0.6 is 0 Å². The van der Waals surface area contributed by atoms with Crippen LogP contribution in [0.5, 0.6) is 0 Å². The van der Waals surface area contributed by atoms with Crippen LogP contribution in [0.3, 0.4) is 0 Å². The minimum Gasteiger partial charge on any atom is -0.295 e. The quantitative estimate of drug-likeness (QED) is 0.644. The van der Waals surface area contributed by atoms with Gasteiger partial charge in [-0.2, -0.15) is 0 Å². The molecule has 6 heteroatoms. The van der Waals surface area contributed by atoms with Gasteiger partial charge in [-0.25, -0.2) is 9.67 Å². The molecule has 0 spiro atoms. The Morgan fingerprint density at radius 2 is 2.14 bits per heavy atom. The van der Waals surface area contributed by atoms with Crippen molar-refractivity contribution in [3.8, 4) is 0 Å². The van der Waals surface area contributed by atoms with Gasteiger partial charge >= 0.3 is 0 Å². The molecule has 0 radical (unpaired) electrons. The number of hydrogen-bond acceptors (Lipinski definition) is 4. The summed E-state index contributed by atoms with van der Waals surface area (Å²) in [6, 6.07) is 0.0846. The van der Waals surface area contributed by atoms with Gasteiger partial charge in [-0.1, -0.05) is 5.21 Å². The third-order valence-electron chi connectivity index (χ3n) is 2.10. The van der Waals surface area contributed by atoms with E-state index in [0.717, 1.165) is 0 Å². The summed E-state index contributed by atoms with van der Waals surface area (Å²) in [7, 11) is 1.71. The van der Waals surface area contributed by atoms with Gasteiger partial charge < -0.3 is 0 Å². The lowest BCUT2D eigenvalue weighted by molar-refractivity contribution is 0.572. The van der Waals surface area contributed by atoms with Crippen LogP contribution in [0.1, 0.15) is 19.9 Å². The van der Waals surface area contributed by atoms with E-state index in [1.54, 1.807) is 7.05 Å². The second-order valence-corrected chi connectivity index (χ2v) is 3.44. The van der Waals surface area contributed by atoms with Crippen molar-refractivity contribution in [2.24, 2.45) is 7.05 Å². The minimum absolute atomic E-state index is 0.0846. The zero-order chi connectivity index (χ0) is 10.3. The first-order valence-corrected chi connectivity index (χ1v) is 4.38. The smallest absolute Gasteiger partial charge is 0.283 e. The van der Waals surface area contributed by atoms with E-state index < -0.39 is 0 Å². The predicted molar refractivity (Wildman–Crippen MR) is 50.9 cm³/mol. The third-order valence-corrected chi connectivity index (χ3v) is 2.10. The Balaban J connectivity index is 2.83. The molecule has 2 aromatic heterocycles. The molecule has 0 atom stereocenters. The van der Waals surface area contributed by atoms with Gasteiger partial charge in [0.15, 0.2) is 11.2 Å². The van der Waals surface area contributed by atoms with Gasteiger partial charge in [0.05, 0.1) is 0 Å². The van der Waals surface area contributed by atoms with Crippen molar-refractivity contribution in [2.45, 2.75) is 19.9 Å². The Morgan fingerprint density at radius 1 is 1.43 bits per heavy atom. The fourth-order valence-corrected chi connectivity index (χ4v) is 1.29. The Hall–Kier alpha value is -1.72. The fourth-order valence-electron chi connectivity index (χ4n) is 1.29. The lowest BCUT2D eigenvalue weighted by atomic mass is 10.4. The van der Waals surface area contributed by atoms with Crippen molar-refractivity contribution in [3.05, 3.63) is 16.7 Å². The van der Waals surface area contributed by atoms with Crippen LogP contribution in [-0.4, -0.2) is 24.5 Å². The summed E-state index contributed by atoms with van der Waals surface area (Å²) in [5.74, 6) is 0. The molecule has 74 valence electrons. The number of rotatable bonds is 1. The SMILES string of the molecule is CC(C)n1cnc2c(nnn2C)c1=O. The maximum absolute atomic E-state index is 11.8. The van der Waals surface area contributed by atoms with E-state index in [2.05, 4.69) is 15.3 Å². The van der Waals surface area contributed by atoms with Crippen LogP contribution < -0.4 is 5.56 Å². The van der Waals surface area contributed by atoms with Gasteiger partial charge in [0.25, 0.3) is 5.56 Å². The lowest BCUT2D eigenvalue weighted by Crippen LogP contribution is -2.22. The highest BCUT2D eigenvalue weighted by Crippen LogP contribution is 2.03. The molecule has 2 rings (SSSR count). The first kappa shape index (κ1) is 8.86. The topological polar surface area (TPSA) is 65.6 Å². The average molecular weight is 193 g/mol. The molecular formula is C8H11N5O. The first-order valence-electron chi connectivity index (χ1n) is 4.38. The number of aryl methyl sites for hydroxylation is 1. The number of nitrogens with zero attached hydrogens (tertiary/aromatic N) is 5. The molecule has 0 aromatic carbocycles. The molecule has 0 bridgehead atoms. The molecule has 14 heavy (non-hydrogen) atoms. The molecule has 0 saturated heterocycles. The van der Waals surface area contributed by atoms with Gasteiger partial charge in [-0.15, -0.1) is 5.10 Å². The molecule has 2 aromatic rings. The summed E-state index contributed by atoms with van der Waals surface area (Å²) in [6.07, 6.45) is 1.53. The van der Waals surface area contributed by atoms with Crippen molar-refractivity contribution < 1.29 is 0 Å². The summed E-state index contributed by atoms with van der Waals surface area (Å²) < 4.78 is 3.03. The minimum atomic E-state index is -0.141. The van der Waals surface area contributed by atoms with Crippen LogP contribution in [0.4, 0.5) is 0 Å². The van der Waals surface area contributed by atoms with Crippen LogP contribution in [0.25, 0.3) is 11.2 Å². The van der Waals surface area contributed by atoms with Gasteiger partial charge in [0.1, 0.15) is 6.33 Å². The normalized spacial score (nSPS) is 11.4. The van der Waals surface area contributed by atoms with Crippen molar-refractivity contribution in [3.63, 3.8) is 0 Å². The Kier molecular flexibility index (Phi) is 1.83. The third kappa shape index (κ3) is 1.11. The van der Waals surface area contributed by atoms with E-state index in [1.165, 1.54) is 15.6 Å². The average Bonchev–Trinajstić information content (AvgIpc) is 2.49. The second-order valence-electron chi connectivity index (χ2n) is 3.44. The molecular weight excluding hydrogens is 182 g/mol. The van der Waals surface area contributed by atoms with Crippen molar-refractivity contribution in [2.75, 3.05) is 0 Å². The summed E-state index contributed by atoms with van der Waals surface area (Å²) >= 11 is 0. The molecule has 2 heterocycles. The maximum atomic E-state index is 11.8. The molecule has 0 fully saturated rings. The van der Waals surface area contributed by atoms with Crippen LogP contribution in [0, 0.1) is 0 Å². The Morgan fingerprint density at radius 3 is 2.79 bits per heavy atom. The van der Waals surface area contributed by atoms with Crippen molar-refractivity contribution in [1.82, 2.24) is 24.5 Å². The van der Waals surface area contributed by atoms with E-state index in [-0.39, 0.29) is 11.6 Å². The summed E-state index contributed by atoms with van der Waals surface area (Å²) in [6.45, 7) is 3.84. The fraction of sp³-hybridized carbons (Fsp3) is 0.500.